The van der Waals surface area contributed by atoms with E-state index >= 15 is 0 Å². The molecular formula is C7H3NO4S2. The van der Waals surface area contributed by atoms with Crippen molar-refractivity contribution in [3.8, 4) is 0 Å². The van der Waals surface area contributed by atoms with Gasteiger partial charge in [-0.15, -0.1) is 3.71 Å². The number of nitrogens with zero attached hydrogens (tertiary/aromatic N) is 1. The van der Waals surface area contributed by atoms with Crippen molar-refractivity contribution in [1.29, 1.82) is 0 Å². The number of sulfonamides is 1. The molecule has 0 radical (unpaired) electrons. The molecule has 1 aromatic rings. The van der Waals surface area contributed by atoms with Gasteiger partial charge in [-0.05, 0) is 12.1 Å². The summed E-state index contributed by atoms with van der Waals surface area (Å²) in [6, 6.07) is 4.34. The van der Waals surface area contributed by atoms with Gasteiger partial charge in [0.25, 0.3) is 15.9 Å². The fraction of sp³-hybridized carbons (Fsp3) is 0. The number of rotatable bonds is 0. The van der Waals surface area contributed by atoms with Crippen LogP contribution in [0.4, 0.5) is 0 Å². The molecule has 1 amide bonds. The number of carbonyl (C=O) groups excluding carboxylic acids is 1. The van der Waals surface area contributed by atoms with Gasteiger partial charge in [-0.25, -0.2) is 4.21 Å². The summed E-state index contributed by atoms with van der Waals surface area (Å²) >= 11 is 0. The molecule has 0 fully saturated rings. The van der Waals surface area contributed by atoms with E-state index in [0.717, 1.165) is 0 Å². The van der Waals surface area contributed by atoms with Crippen molar-refractivity contribution < 1.29 is 17.4 Å². The second-order valence-electron chi connectivity index (χ2n) is 2.92. The molecule has 7 heteroatoms. The van der Waals surface area contributed by atoms with Crippen LogP contribution < -0.4 is 0 Å². The molecule has 0 spiro atoms. The highest BCUT2D eigenvalue weighted by atomic mass is 32.3. The van der Waals surface area contributed by atoms with Crippen LogP contribution in [-0.2, 0) is 21.0 Å². The van der Waals surface area contributed by atoms with Crippen molar-refractivity contribution in [3.63, 3.8) is 0 Å². The molecule has 2 bridgehead atoms. The van der Waals surface area contributed by atoms with Crippen molar-refractivity contribution >= 4 is 26.9 Å². The molecule has 5 nitrogen and oxygen atoms in total. The molecule has 2 heterocycles. The highest BCUT2D eigenvalue weighted by Crippen LogP contribution is 2.42. The van der Waals surface area contributed by atoms with Crippen LogP contribution in [0.25, 0.3) is 0 Å². The molecule has 2 aliphatic heterocycles. The van der Waals surface area contributed by atoms with Gasteiger partial charge in [-0.3, -0.25) is 4.79 Å². The summed E-state index contributed by atoms with van der Waals surface area (Å²) in [4.78, 5) is 11.7. The van der Waals surface area contributed by atoms with Crippen LogP contribution in [0.2, 0.25) is 0 Å². The summed E-state index contributed by atoms with van der Waals surface area (Å²) in [7, 11) is -5.69. The molecule has 72 valence electrons. The van der Waals surface area contributed by atoms with E-state index in [0.29, 0.717) is 8.61 Å². The largest absolute Gasteiger partial charge is 0.282 e. The molecule has 2 aliphatic rings. The molecule has 0 aromatic heterocycles. The lowest BCUT2D eigenvalue weighted by atomic mass is 10.2. The number of fused-ring (bicyclic) bond motifs is 1. The Morgan fingerprint density at radius 3 is 2.64 bits per heavy atom. The first kappa shape index (κ1) is 8.13. The van der Waals surface area contributed by atoms with E-state index in [4.69, 9.17) is 0 Å². The van der Waals surface area contributed by atoms with E-state index in [1.54, 1.807) is 0 Å². The van der Waals surface area contributed by atoms with Crippen LogP contribution in [-0.4, -0.2) is 22.2 Å². The maximum Gasteiger partial charge on any atom is 0.282 e. The topological polar surface area (TPSA) is 71.5 Å². The van der Waals surface area contributed by atoms with Gasteiger partial charge in [0, 0.05) is 0 Å². The monoisotopic (exact) mass is 229 g/mol. The van der Waals surface area contributed by atoms with Crippen LogP contribution in [0.5, 0.6) is 0 Å². The van der Waals surface area contributed by atoms with E-state index in [-0.39, 0.29) is 10.5 Å². The van der Waals surface area contributed by atoms with E-state index in [1.165, 1.54) is 18.2 Å². The smallest absolute Gasteiger partial charge is 0.267 e. The van der Waals surface area contributed by atoms with Gasteiger partial charge < -0.3 is 0 Å². The van der Waals surface area contributed by atoms with Crippen molar-refractivity contribution in [2.75, 3.05) is 0 Å². The van der Waals surface area contributed by atoms with Crippen LogP contribution in [0.3, 0.4) is 0 Å². The Morgan fingerprint density at radius 1 is 1.29 bits per heavy atom. The number of amides is 1. The van der Waals surface area contributed by atoms with Crippen molar-refractivity contribution in [2.24, 2.45) is 0 Å². The minimum absolute atomic E-state index is 0.0281. The maximum atomic E-state index is 11.6. The maximum absolute atomic E-state index is 11.6. The zero-order valence-electron chi connectivity index (χ0n) is 6.63. The lowest BCUT2D eigenvalue weighted by Crippen LogP contribution is -2.28. The zero-order valence-corrected chi connectivity index (χ0v) is 8.26. The van der Waals surface area contributed by atoms with Crippen molar-refractivity contribution in [2.45, 2.75) is 9.79 Å². The molecular weight excluding hydrogens is 226 g/mol. The first-order valence-corrected chi connectivity index (χ1v) is 6.24. The first-order valence-electron chi connectivity index (χ1n) is 3.70. The summed E-state index contributed by atoms with van der Waals surface area (Å²) in [6.45, 7) is 0. The highest BCUT2D eigenvalue weighted by molar-refractivity contribution is 8.03. The predicted molar refractivity (Wildman–Crippen MR) is 46.2 cm³/mol. The molecule has 1 unspecified atom stereocenters. The average Bonchev–Trinajstić information content (AvgIpc) is 2.49. The quantitative estimate of drug-likeness (QED) is 0.621. The van der Waals surface area contributed by atoms with E-state index < -0.39 is 26.9 Å². The van der Waals surface area contributed by atoms with Gasteiger partial charge in [0.15, 0.2) is 11.0 Å². The van der Waals surface area contributed by atoms with Crippen LogP contribution in [0, 0.1) is 0 Å². The van der Waals surface area contributed by atoms with Gasteiger partial charge in [0.1, 0.15) is 4.90 Å². The highest BCUT2D eigenvalue weighted by Gasteiger charge is 2.53. The standard InChI is InChI=1S/C7H3NO4S2/c9-7-6-4-2-1-3-5(6)14(11,12)8(7)13(4)10/h1-3H. The van der Waals surface area contributed by atoms with Crippen molar-refractivity contribution in [3.05, 3.63) is 23.8 Å². The third-order valence-electron chi connectivity index (χ3n) is 2.20. The molecule has 1 aromatic carbocycles. The van der Waals surface area contributed by atoms with Gasteiger partial charge in [0.2, 0.25) is 0 Å². The SMILES string of the molecule is O=C1c2c3cccc2S(=O)(=O)N1S3=O. The van der Waals surface area contributed by atoms with Crippen LogP contribution in [0.15, 0.2) is 28.0 Å². The number of benzene rings is 1. The lowest BCUT2D eigenvalue weighted by molar-refractivity contribution is 0.0936. The number of hydrogen-bond donors (Lipinski definition) is 0. The average molecular weight is 229 g/mol. The summed E-state index contributed by atoms with van der Waals surface area (Å²) in [5.41, 5.74) is 0.0748. The molecule has 0 saturated carbocycles. The Bertz CT molecular complexity index is 596. The zero-order chi connectivity index (χ0) is 10.1. The van der Waals surface area contributed by atoms with Crippen LogP contribution in [0.1, 0.15) is 10.4 Å². The number of carbonyl (C=O) groups is 1. The molecule has 0 saturated heterocycles. The fourth-order valence-electron chi connectivity index (χ4n) is 1.63. The summed E-state index contributed by atoms with van der Waals surface area (Å²) in [6.07, 6.45) is 0. The third kappa shape index (κ3) is 0.622. The second-order valence-corrected chi connectivity index (χ2v) is 6.21. The Labute approximate surface area is 82.0 Å². The van der Waals surface area contributed by atoms with Gasteiger partial charge in [0.05, 0.1) is 10.5 Å². The normalized spacial score (nSPS) is 25.9. The predicted octanol–water partition coefficient (Wildman–Crippen LogP) is -0.133. The minimum Gasteiger partial charge on any atom is -0.267 e. The van der Waals surface area contributed by atoms with Gasteiger partial charge in [-0.1, -0.05) is 6.07 Å². The van der Waals surface area contributed by atoms with Gasteiger partial charge >= 0.3 is 0 Å². The molecule has 0 N–H and O–H groups in total. The molecule has 14 heavy (non-hydrogen) atoms. The Kier molecular flexibility index (Phi) is 1.20. The fourth-order valence-corrected chi connectivity index (χ4v) is 5.07. The second kappa shape index (κ2) is 2.06. The molecule has 1 atom stereocenters. The van der Waals surface area contributed by atoms with E-state index in [9.17, 15) is 17.4 Å². The molecule has 3 rings (SSSR count). The van der Waals surface area contributed by atoms with E-state index in [2.05, 4.69) is 0 Å². The minimum atomic E-state index is -3.82. The van der Waals surface area contributed by atoms with E-state index in [1.807, 2.05) is 0 Å². The van der Waals surface area contributed by atoms with Crippen LogP contribution >= 0.6 is 0 Å². The number of hydrogen-bond acceptors (Lipinski definition) is 4. The van der Waals surface area contributed by atoms with Crippen molar-refractivity contribution in [1.82, 2.24) is 3.71 Å². The Morgan fingerprint density at radius 2 is 2.00 bits per heavy atom. The summed E-state index contributed by atoms with van der Waals surface area (Å²) in [5.74, 6) is -0.672. The lowest BCUT2D eigenvalue weighted by Gasteiger charge is -2.12. The van der Waals surface area contributed by atoms with Gasteiger partial charge in [-0.2, -0.15) is 8.42 Å². The molecule has 0 aliphatic carbocycles. The Balaban J connectivity index is 2.62. The first-order chi connectivity index (χ1) is 6.55. The summed E-state index contributed by atoms with van der Waals surface area (Å²) in [5, 5.41) is 0. The third-order valence-corrected chi connectivity index (χ3v) is 5.88. The summed E-state index contributed by atoms with van der Waals surface area (Å²) < 4.78 is 35.1. The Hall–Kier alpha value is -1.21.